The smallest absolute Gasteiger partial charge is 0.239 e. The first-order valence-electron chi connectivity index (χ1n) is 4.57. The van der Waals surface area contributed by atoms with E-state index in [1.165, 1.54) is 6.20 Å². The van der Waals surface area contributed by atoms with E-state index in [9.17, 15) is 4.79 Å². The van der Waals surface area contributed by atoms with Crippen LogP contribution in [0.15, 0.2) is 6.20 Å². The minimum Gasteiger partial charge on any atom is -0.370 e. The van der Waals surface area contributed by atoms with E-state index >= 15 is 0 Å². The molecule has 1 heterocycles. The molecule has 0 bridgehead atoms. The second-order valence-electron chi connectivity index (χ2n) is 3.25. The monoisotopic (exact) mass is 244 g/mol. The number of rotatable bonds is 5. The van der Waals surface area contributed by atoms with Crippen molar-refractivity contribution in [1.29, 1.82) is 0 Å². The van der Waals surface area contributed by atoms with Gasteiger partial charge in [0.1, 0.15) is 5.02 Å². The second-order valence-corrected chi connectivity index (χ2v) is 3.66. The molecule has 1 aromatic rings. The van der Waals surface area contributed by atoms with Crippen molar-refractivity contribution in [3.63, 3.8) is 0 Å². The molecule has 6 N–H and O–H groups in total. The van der Waals surface area contributed by atoms with Crippen molar-refractivity contribution in [3.8, 4) is 0 Å². The topological polar surface area (TPSA) is 119 Å². The number of hydrogen-bond acceptors (Lipinski definition) is 6. The Morgan fingerprint density at radius 1 is 1.69 bits per heavy atom. The van der Waals surface area contributed by atoms with E-state index in [-0.39, 0.29) is 18.4 Å². The Labute approximate surface area is 97.5 Å². The second kappa shape index (κ2) is 5.47. The number of amides is 1. The van der Waals surface area contributed by atoms with Crippen LogP contribution >= 0.6 is 11.6 Å². The highest BCUT2D eigenvalue weighted by molar-refractivity contribution is 6.32. The van der Waals surface area contributed by atoms with Gasteiger partial charge in [-0.05, 0) is 6.92 Å². The summed E-state index contributed by atoms with van der Waals surface area (Å²) in [5.41, 5.74) is 7.36. The zero-order chi connectivity index (χ0) is 12.1. The third-order valence-corrected chi connectivity index (χ3v) is 2.04. The number of carbonyl (C=O) groups excluding carboxylic acids is 1. The Hall–Kier alpha value is -1.60. The van der Waals surface area contributed by atoms with Crippen LogP contribution in [0.5, 0.6) is 0 Å². The first-order chi connectivity index (χ1) is 7.52. The van der Waals surface area contributed by atoms with Gasteiger partial charge in [0.05, 0.1) is 6.20 Å². The summed E-state index contributed by atoms with van der Waals surface area (Å²) in [6.45, 7) is 1.79. The van der Waals surface area contributed by atoms with E-state index in [1.54, 1.807) is 6.92 Å². The molecule has 0 aromatic carbocycles. The van der Waals surface area contributed by atoms with Crippen LogP contribution in [-0.4, -0.2) is 21.9 Å². The summed E-state index contributed by atoms with van der Waals surface area (Å²) in [5, 5.41) is 3.28. The molecule has 8 heteroatoms. The van der Waals surface area contributed by atoms with Crippen LogP contribution in [0.4, 0.5) is 11.8 Å². The predicted molar refractivity (Wildman–Crippen MR) is 61.7 cm³/mol. The number of nitrogens with one attached hydrogen (secondary N) is 2. The van der Waals surface area contributed by atoms with Crippen molar-refractivity contribution in [3.05, 3.63) is 11.2 Å². The molecular weight excluding hydrogens is 232 g/mol. The summed E-state index contributed by atoms with van der Waals surface area (Å²) in [7, 11) is 0. The van der Waals surface area contributed by atoms with E-state index in [2.05, 4.69) is 20.7 Å². The van der Waals surface area contributed by atoms with Gasteiger partial charge in [-0.2, -0.15) is 4.98 Å². The highest BCUT2D eigenvalue weighted by atomic mass is 35.5. The molecule has 0 aliphatic carbocycles. The Morgan fingerprint density at radius 3 is 2.94 bits per heavy atom. The third-order valence-electron chi connectivity index (χ3n) is 1.76. The molecule has 1 atom stereocenters. The largest absolute Gasteiger partial charge is 0.370 e. The van der Waals surface area contributed by atoms with Crippen LogP contribution in [0.2, 0.25) is 5.02 Å². The lowest BCUT2D eigenvalue weighted by Gasteiger charge is -2.14. The summed E-state index contributed by atoms with van der Waals surface area (Å²) in [6.07, 6.45) is 1.59. The van der Waals surface area contributed by atoms with Gasteiger partial charge in [0.25, 0.3) is 0 Å². The molecule has 0 fully saturated rings. The Bertz CT molecular complexity index is 385. The van der Waals surface area contributed by atoms with Crippen LogP contribution in [0.1, 0.15) is 13.3 Å². The highest BCUT2D eigenvalue weighted by Gasteiger charge is 2.10. The number of nitrogen functional groups attached to an aromatic ring is 1. The maximum Gasteiger partial charge on any atom is 0.239 e. The lowest BCUT2D eigenvalue weighted by molar-refractivity contribution is -0.118. The summed E-state index contributed by atoms with van der Waals surface area (Å²) in [5.74, 6) is 5.40. The van der Waals surface area contributed by atoms with Crippen molar-refractivity contribution in [2.75, 3.05) is 10.7 Å². The Morgan fingerprint density at radius 2 is 2.38 bits per heavy atom. The summed E-state index contributed by atoms with van der Waals surface area (Å²) < 4.78 is 0. The van der Waals surface area contributed by atoms with Gasteiger partial charge in [-0.15, -0.1) is 0 Å². The van der Waals surface area contributed by atoms with Crippen LogP contribution in [0.3, 0.4) is 0 Å². The number of hydrazine groups is 1. The number of carbonyl (C=O) groups is 1. The summed E-state index contributed by atoms with van der Waals surface area (Å²) in [6, 6.07) is -0.171. The summed E-state index contributed by atoms with van der Waals surface area (Å²) in [4.78, 5) is 18.5. The first kappa shape index (κ1) is 12.5. The molecule has 88 valence electrons. The molecule has 1 amide bonds. The molecule has 0 saturated carbocycles. The van der Waals surface area contributed by atoms with Crippen molar-refractivity contribution < 1.29 is 4.79 Å². The van der Waals surface area contributed by atoms with Crippen molar-refractivity contribution in [2.45, 2.75) is 19.4 Å². The van der Waals surface area contributed by atoms with E-state index in [0.717, 1.165) is 0 Å². The molecular formula is C8H13ClN6O. The van der Waals surface area contributed by atoms with Crippen molar-refractivity contribution in [2.24, 2.45) is 11.6 Å². The van der Waals surface area contributed by atoms with Crippen LogP contribution in [0.25, 0.3) is 0 Å². The van der Waals surface area contributed by atoms with Gasteiger partial charge in [0, 0.05) is 12.5 Å². The standard InChI is InChI=1S/C8H13ClN6O/c1-4(2-6(10)16)13-7-5(9)3-12-8(14-7)15-11/h3-4H,2,11H2,1H3,(H2,10,16)(H2,12,13,14,15). The van der Waals surface area contributed by atoms with E-state index < -0.39 is 5.91 Å². The predicted octanol–water partition coefficient (Wildman–Crippen LogP) is 0.0914. The number of nitrogens with zero attached hydrogens (tertiary/aromatic N) is 2. The molecule has 16 heavy (non-hydrogen) atoms. The molecule has 7 nitrogen and oxygen atoms in total. The third kappa shape index (κ3) is 3.52. The van der Waals surface area contributed by atoms with E-state index in [1.807, 2.05) is 0 Å². The van der Waals surface area contributed by atoms with Gasteiger partial charge in [-0.3, -0.25) is 10.2 Å². The fourth-order valence-corrected chi connectivity index (χ4v) is 1.27. The van der Waals surface area contributed by atoms with E-state index in [0.29, 0.717) is 10.8 Å². The van der Waals surface area contributed by atoms with Gasteiger partial charge in [-0.1, -0.05) is 11.6 Å². The zero-order valence-corrected chi connectivity index (χ0v) is 9.45. The number of primary amides is 1. The molecule has 0 spiro atoms. The number of anilines is 2. The Kier molecular flexibility index (Phi) is 4.27. The van der Waals surface area contributed by atoms with Gasteiger partial charge in [0.15, 0.2) is 5.82 Å². The summed E-state index contributed by atoms with van der Waals surface area (Å²) >= 11 is 5.86. The maximum absolute atomic E-state index is 10.7. The zero-order valence-electron chi connectivity index (χ0n) is 8.70. The molecule has 1 aromatic heterocycles. The molecule has 1 unspecified atom stereocenters. The SMILES string of the molecule is CC(CC(N)=O)Nc1nc(NN)ncc1Cl. The van der Waals surface area contributed by atoms with Crippen molar-refractivity contribution in [1.82, 2.24) is 9.97 Å². The number of nitrogens with two attached hydrogens (primary N) is 2. The van der Waals surface area contributed by atoms with Gasteiger partial charge < -0.3 is 11.1 Å². The number of halogens is 1. The fraction of sp³-hybridized carbons (Fsp3) is 0.375. The molecule has 0 aliphatic heterocycles. The number of hydrogen-bond donors (Lipinski definition) is 4. The fourth-order valence-electron chi connectivity index (χ4n) is 1.12. The number of aromatic nitrogens is 2. The Balaban J connectivity index is 2.75. The quantitative estimate of drug-likeness (QED) is 0.431. The minimum absolute atomic E-state index is 0.171. The molecule has 1 rings (SSSR count). The first-order valence-corrected chi connectivity index (χ1v) is 4.94. The average molecular weight is 245 g/mol. The van der Waals surface area contributed by atoms with Gasteiger partial charge in [-0.25, -0.2) is 10.8 Å². The minimum atomic E-state index is -0.401. The highest BCUT2D eigenvalue weighted by Crippen LogP contribution is 2.20. The average Bonchev–Trinajstić information content (AvgIpc) is 2.20. The maximum atomic E-state index is 10.7. The van der Waals surface area contributed by atoms with Crippen LogP contribution < -0.4 is 22.3 Å². The van der Waals surface area contributed by atoms with Crippen LogP contribution in [-0.2, 0) is 4.79 Å². The lowest BCUT2D eigenvalue weighted by atomic mass is 10.2. The normalized spacial score (nSPS) is 11.9. The molecule has 0 radical (unpaired) electrons. The lowest BCUT2D eigenvalue weighted by Crippen LogP contribution is -2.25. The van der Waals surface area contributed by atoms with Gasteiger partial charge in [0.2, 0.25) is 11.9 Å². The molecule has 0 saturated heterocycles. The van der Waals surface area contributed by atoms with Crippen LogP contribution in [0, 0.1) is 0 Å². The van der Waals surface area contributed by atoms with E-state index in [4.69, 9.17) is 23.2 Å². The van der Waals surface area contributed by atoms with Crippen molar-refractivity contribution >= 4 is 29.3 Å². The van der Waals surface area contributed by atoms with Gasteiger partial charge >= 0.3 is 0 Å². The molecule has 0 aliphatic rings.